The van der Waals surface area contributed by atoms with Crippen LogP contribution in [0, 0.1) is 0 Å². The van der Waals surface area contributed by atoms with Crippen molar-refractivity contribution in [3.63, 3.8) is 0 Å². The zero-order valence-electron chi connectivity index (χ0n) is 18.3. The number of hydrogen-bond acceptors (Lipinski definition) is 5. The minimum atomic E-state index is -0.589. The van der Waals surface area contributed by atoms with Crippen molar-refractivity contribution in [1.82, 2.24) is 10.6 Å². The quantitative estimate of drug-likeness (QED) is 0.598. The summed E-state index contributed by atoms with van der Waals surface area (Å²) in [5.41, 5.74) is 1.29. The summed E-state index contributed by atoms with van der Waals surface area (Å²) in [7, 11) is 1.52. The van der Waals surface area contributed by atoms with Gasteiger partial charge in [0.1, 0.15) is 11.4 Å². The van der Waals surface area contributed by atoms with Gasteiger partial charge in [0.2, 0.25) is 5.91 Å². The van der Waals surface area contributed by atoms with Crippen molar-refractivity contribution in [3.8, 4) is 5.75 Å². The van der Waals surface area contributed by atoms with Crippen LogP contribution in [-0.2, 0) is 16.1 Å². The third kappa shape index (κ3) is 8.38. The maximum absolute atomic E-state index is 12.4. The van der Waals surface area contributed by atoms with Crippen molar-refractivity contribution in [1.29, 1.82) is 0 Å². The van der Waals surface area contributed by atoms with Crippen LogP contribution in [0.2, 0.25) is 0 Å². The molecule has 0 aliphatic heterocycles. The van der Waals surface area contributed by atoms with E-state index in [4.69, 9.17) is 9.47 Å². The number of rotatable bonds is 8. The van der Waals surface area contributed by atoms with Gasteiger partial charge in [0.05, 0.1) is 12.7 Å². The summed E-state index contributed by atoms with van der Waals surface area (Å²) in [6.07, 6.45) is -0.457. The molecule has 0 bridgehead atoms. The number of para-hydroxylation sites is 1. The van der Waals surface area contributed by atoms with Crippen molar-refractivity contribution in [2.45, 2.75) is 39.3 Å². The lowest BCUT2D eigenvalue weighted by Gasteiger charge is -2.19. The zero-order valence-corrected chi connectivity index (χ0v) is 18.3. The number of anilines is 1. The number of hydrogen-bond donors (Lipinski definition) is 3. The Bertz CT molecular complexity index is 921. The Balaban J connectivity index is 1.83. The maximum atomic E-state index is 12.4. The van der Waals surface area contributed by atoms with Crippen molar-refractivity contribution in [2.24, 2.45) is 0 Å². The number of methoxy groups -OCH3 is 1. The molecule has 0 saturated heterocycles. The Morgan fingerprint density at radius 2 is 1.71 bits per heavy atom. The Morgan fingerprint density at radius 3 is 2.42 bits per heavy atom. The van der Waals surface area contributed by atoms with Crippen LogP contribution in [0.25, 0.3) is 0 Å². The minimum Gasteiger partial charge on any atom is -0.496 e. The second kappa shape index (κ2) is 11.0. The first-order chi connectivity index (χ1) is 14.7. The molecule has 3 N–H and O–H groups in total. The van der Waals surface area contributed by atoms with Gasteiger partial charge in [-0.15, -0.1) is 0 Å². The molecule has 3 amide bonds. The van der Waals surface area contributed by atoms with Crippen molar-refractivity contribution in [3.05, 3.63) is 59.7 Å². The van der Waals surface area contributed by atoms with E-state index >= 15 is 0 Å². The molecule has 0 saturated carbocycles. The predicted octanol–water partition coefficient (Wildman–Crippen LogP) is 3.48. The van der Waals surface area contributed by atoms with Gasteiger partial charge in [0, 0.05) is 25.2 Å². The number of alkyl carbamates (subject to hydrolysis) is 1. The number of carbonyl (C=O) groups is 3. The van der Waals surface area contributed by atoms with E-state index in [1.165, 1.54) is 7.11 Å². The largest absolute Gasteiger partial charge is 0.496 e. The molecule has 2 aromatic rings. The average molecular weight is 428 g/mol. The van der Waals surface area contributed by atoms with E-state index in [0.717, 1.165) is 5.56 Å². The highest BCUT2D eigenvalue weighted by atomic mass is 16.6. The molecule has 0 radical (unpaired) electrons. The van der Waals surface area contributed by atoms with Gasteiger partial charge in [-0.3, -0.25) is 9.59 Å². The van der Waals surface area contributed by atoms with Crippen molar-refractivity contribution < 1.29 is 23.9 Å². The number of nitrogens with one attached hydrogen (secondary N) is 3. The summed E-state index contributed by atoms with van der Waals surface area (Å²) in [6.45, 7) is 5.76. The molecule has 8 heteroatoms. The standard InChI is InChI=1S/C23H29N3O5/c1-23(2,3)31-22(29)24-13-12-20(27)26-17-9-7-8-16(14-17)15-25-21(28)18-10-5-6-11-19(18)30-4/h5-11,14H,12-13,15H2,1-4H3,(H,24,29)(H,25,28)(H,26,27). The summed E-state index contributed by atoms with van der Waals surface area (Å²) in [6, 6.07) is 14.2. The first-order valence-electron chi connectivity index (χ1n) is 9.95. The molecule has 8 nitrogen and oxygen atoms in total. The van der Waals surface area contributed by atoms with E-state index in [2.05, 4.69) is 16.0 Å². The minimum absolute atomic E-state index is 0.105. The van der Waals surface area contributed by atoms with E-state index in [-0.39, 0.29) is 24.8 Å². The van der Waals surface area contributed by atoms with Gasteiger partial charge < -0.3 is 25.4 Å². The summed E-state index contributed by atoms with van der Waals surface area (Å²) >= 11 is 0. The molecule has 2 aromatic carbocycles. The van der Waals surface area contributed by atoms with E-state index in [0.29, 0.717) is 23.5 Å². The number of benzene rings is 2. The topological polar surface area (TPSA) is 106 Å². The van der Waals surface area contributed by atoms with Crippen molar-refractivity contribution >= 4 is 23.6 Å². The second-order valence-electron chi connectivity index (χ2n) is 7.81. The molecular weight excluding hydrogens is 398 g/mol. The average Bonchev–Trinajstić information content (AvgIpc) is 2.71. The molecule has 0 aliphatic rings. The highest BCUT2D eigenvalue weighted by molar-refractivity contribution is 5.97. The van der Waals surface area contributed by atoms with Crippen LogP contribution in [0.1, 0.15) is 43.1 Å². The molecule has 0 heterocycles. The lowest BCUT2D eigenvalue weighted by molar-refractivity contribution is -0.116. The van der Waals surface area contributed by atoms with Gasteiger partial charge in [-0.1, -0.05) is 24.3 Å². The van der Waals surface area contributed by atoms with E-state index < -0.39 is 11.7 Å². The molecule has 2 rings (SSSR count). The zero-order chi connectivity index (χ0) is 22.9. The van der Waals surface area contributed by atoms with Gasteiger partial charge in [-0.05, 0) is 50.6 Å². The van der Waals surface area contributed by atoms with Crippen LogP contribution in [0.15, 0.2) is 48.5 Å². The molecule has 0 atom stereocenters. The van der Waals surface area contributed by atoms with Crippen LogP contribution in [-0.4, -0.2) is 37.2 Å². The second-order valence-corrected chi connectivity index (χ2v) is 7.81. The first kappa shape index (κ1) is 23.7. The van der Waals surface area contributed by atoms with Gasteiger partial charge in [0.15, 0.2) is 0 Å². The normalized spacial score (nSPS) is 10.7. The number of amides is 3. The monoisotopic (exact) mass is 427 g/mol. The van der Waals surface area contributed by atoms with Crippen LogP contribution >= 0.6 is 0 Å². The van der Waals surface area contributed by atoms with Crippen molar-refractivity contribution in [2.75, 3.05) is 19.0 Å². The fourth-order valence-electron chi connectivity index (χ4n) is 2.68. The summed E-state index contributed by atoms with van der Waals surface area (Å²) in [5, 5.41) is 8.17. The highest BCUT2D eigenvalue weighted by Gasteiger charge is 2.16. The van der Waals surface area contributed by atoms with Crippen LogP contribution in [0.5, 0.6) is 5.75 Å². The third-order valence-corrected chi connectivity index (χ3v) is 4.04. The SMILES string of the molecule is COc1ccccc1C(=O)NCc1cccc(NC(=O)CCNC(=O)OC(C)(C)C)c1. The van der Waals surface area contributed by atoms with E-state index in [1.807, 2.05) is 6.07 Å². The molecule has 31 heavy (non-hydrogen) atoms. The summed E-state index contributed by atoms with van der Waals surface area (Å²) in [5.74, 6) is 0.00683. The van der Waals surface area contributed by atoms with Crippen LogP contribution in [0.4, 0.5) is 10.5 Å². The molecule has 166 valence electrons. The van der Waals surface area contributed by atoms with Gasteiger partial charge in [-0.2, -0.15) is 0 Å². The van der Waals surface area contributed by atoms with E-state index in [9.17, 15) is 14.4 Å². The lowest BCUT2D eigenvalue weighted by atomic mass is 10.1. The Labute approximate surface area is 182 Å². The number of ether oxygens (including phenoxy) is 2. The van der Waals surface area contributed by atoms with Crippen LogP contribution in [0.3, 0.4) is 0 Å². The fraction of sp³-hybridized carbons (Fsp3) is 0.348. The van der Waals surface area contributed by atoms with Gasteiger partial charge in [0.25, 0.3) is 5.91 Å². The smallest absolute Gasteiger partial charge is 0.407 e. The highest BCUT2D eigenvalue weighted by Crippen LogP contribution is 2.17. The fourth-order valence-corrected chi connectivity index (χ4v) is 2.68. The molecule has 0 fully saturated rings. The molecule has 0 spiro atoms. The molecular formula is C23H29N3O5. The maximum Gasteiger partial charge on any atom is 0.407 e. The Kier molecular flexibility index (Phi) is 8.43. The van der Waals surface area contributed by atoms with Gasteiger partial charge in [-0.25, -0.2) is 4.79 Å². The number of carbonyl (C=O) groups excluding carboxylic acids is 3. The first-order valence-corrected chi connectivity index (χ1v) is 9.95. The predicted molar refractivity (Wildman–Crippen MR) is 118 cm³/mol. The third-order valence-electron chi connectivity index (χ3n) is 4.04. The molecule has 0 aliphatic carbocycles. The van der Waals surface area contributed by atoms with Crippen LogP contribution < -0.4 is 20.7 Å². The molecule has 0 aromatic heterocycles. The van der Waals surface area contributed by atoms with Gasteiger partial charge >= 0.3 is 6.09 Å². The summed E-state index contributed by atoms with van der Waals surface area (Å²) in [4.78, 5) is 36.1. The summed E-state index contributed by atoms with van der Waals surface area (Å²) < 4.78 is 10.3. The Morgan fingerprint density at radius 1 is 0.968 bits per heavy atom. The lowest BCUT2D eigenvalue weighted by Crippen LogP contribution is -2.34. The molecule has 0 unspecified atom stereocenters. The Hall–Kier alpha value is -3.55. The van der Waals surface area contributed by atoms with E-state index in [1.54, 1.807) is 63.2 Å².